The summed E-state index contributed by atoms with van der Waals surface area (Å²) in [4.78, 5) is 0. The minimum absolute atomic E-state index is 0.330. The van der Waals surface area contributed by atoms with Gasteiger partial charge in [-0.2, -0.15) is 0 Å². The van der Waals surface area contributed by atoms with Gasteiger partial charge in [0.15, 0.2) is 0 Å². The van der Waals surface area contributed by atoms with Gasteiger partial charge in [0.25, 0.3) is 0 Å². The van der Waals surface area contributed by atoms with Gasteiger partial charge >= 0.3 is 14.2 Å². The molecule has 0 spiro atoms. The van der Waals surface area contributed by atoms with Crippen LogP contribution in [0.3, 0.4) is 0 Å². The van der Waals surface area contributed by atoms with E-state index in [2.05, 4.69) is 79.7 Å². The van der Waals surface area contributed by atoms with E-state index < -0.39 is 0 Å². The molecular formula is C22H28B2O4S2. The molecule has 4 nitrogen and oxygen atoms in total. The van der Waals surface area contributed by atoms with E-state index in [1.807, 2.05) is 0 Å². The summed E-state index contributed by atoms with van der Waals surface area (Å²) in [5, 5.41) is 2.47. The third-order valence-corrected chi connectivity index (χ3v) is 9.45. The van der Waals surface area contributed by atoms with Gasteiger partial charge in [-0.25, -0.2) is 0 Å². The summed E-state index contributed by atoms with van der Waals surface area (Å²) in [5.74, 6) is 0. The van der Waals surface area contributed by atoms with Gasteiger partial charge in [0.05, 0.1) is 22.4 Å². The largest absolute Gasteiger partial charge is 0.505 e. The Morgan fingerprint density at radius 1 is 0.567 bits per heavy atom. The Morgan fingerprint density at radius 2 is 0.867 bits per heavy atom. The molecule has 0 radical (unpaired) electrons. The topological polar surface area (TPSA) is 36.9 Å². The lowest BCUT2D eigenvalue weighted by atomic mass is 9.86. The molecule has 3 aromatic rings. The zero-order valence-electron chi connectivity index (χ0n) is 18.9. The minimum atomic E-state index is -0.338. The smallest absolute Gasteiger partial charge is 0.399 e. The van der Waals surface area contributed by atoms with E-state index in [1.165, 1.54) is 20.2 Å². The number of hydrogen-bond acceptors (Lipinski definition) is 6. The van der Waals surface area contributed by atoms with Crippen LogP contribution in [0.2, 0.25) is 0 Å². The van der Waals surface area contributed by atoms with Gasteiger partial charge in [-0.15, -0.1) is 22.7 Å². The average Bonchev–Trinajstić information content (AvgIpc) is 3.30. The summed E-state index contributed by atoms with van der Waals surface area (Å²) in [6, 6.07) is 8.85. The predicted molar refractivity (Wildman–Crippen MR) is 129 cm³/mol. The van der Waals surface area contributed by atoms with Crippen molar-refractivity contribution in [3.63, 3.8) is 0 Å². The molecule has 2 aliphatic heterocycles. The van der Waals surface area contributed by atoms with Crippen molar-refractivity contribution in [3.05, 3.63) is 24.3 Å². The molecule has 8 heteroatoms. The summed E-state index contributed by atoms with van der Waals surface area (Å²) in [5.41, 5.74) is -1.35. The molecule has 2 fully saturated rings. The lowest BCUT2D eigenvalue weighted by Crippen LogP contribution is -2.41. The van der Waals surface area contributed by atoms with Crippen LogP contribution < -0.4 is 9.55 Å². The Kier molecular flexibility index (Phi) is 4.43. The molecule has 30 heavy (non-hydrogen) atoms. The molecule has 4 heterocycles. The highest BCUT2D eigenvalue weighted by molar-refractivity contribution is 7.30. The second-order valence-corrected chi connectivity index (χ2v) is 12.6. The molecule has 0 amide bonds. The fraction of sp³-hybridized carbons (Fsp3) is 0.545. The molecule has 0 N–H and O–H groups in total. The molecule has 2 saturated heterocycles. The summed E-state index contributed by atoms with van der Waals surface area (Å²) < 4.78 is 29.8. The van der Waals surface area contributed by atoms with Crippen molar-refractivity contribution in [1.82, 2.24) is 0 Å². The minimum Gasteiger partial charge on any atom is -0.399 e. The molecule has 0 bridgehead atoms. The van der Waals surface area contributed by atoms with Crippen LogP contribution in [0.1, 0.15) is 55.4 Å². The summed E-state index contributed by atoms with van der Waals surface area (Å²) in [6.45, 7) is 16.7. The van der Waals surface area contributed by atoms with E-state index in [0.717, 1.165) is 9.55 Å². The van der Waals surface area contributed by atoms with Crippen molar-refractivity contribution < 1.29 is 18.6 Å². The highest BCUT2D eigenvalue weighted by Gasteiger charge is 2.53. The van der Waals surface area contributed by atoms with Gasteiger partial charge in [0.2, 0.25) is 0 Å². The van der Waals surface area contributed by atoms with Gasteiger partial charge in [-0.3, -0.25) is 0 Å². The standard InChI is InChI=1S/C22H28B2O4S2/c1-19(2)20(3,4)26-23(25-19)17-11-13-14-12-18(30-16(14)10-9-15(13)29-17)24-27-21(5,6)22(7,8)28-24/h9-12H,1-8H3. The van der Waals surface area contributed by atoms with E-state index >= 15 is 0 Å². The first-order chi connectivity index (χ1) is 13.8. The molecule has 2 aromatic heterocycles. The van der Waals surface area contributed by atoms with Crippen LogP contribution in [0.15, 0.2) is 24.3 Å². The van der Waals surface area contributed by atoms with Crippen molar-refractivity contribution in [1.29, 1.82) is 0 Å². The van der Waals surface area contributed by atoms with Crippen LogP contribution in [0.5, 0.6) is 0 Å². The van der Waals surface area contributed by atoms with Crippen molar-refractivity contribution in [2.75, 3.05) is 0 Å². The van der Waals surface area contributed by atoms with E-state index in [9.17, 15) is 0 Å². The second-order valence-electron chi connectivity index (χ2n) is 10.4. The molecule has 0 atom stereocenters. The maximum absolute atomic E-state index is 6.27. The van der Waals surface area contributed by atoms with Crippen LogP contribution in [-0.4, -0.2) is 36.6 Å². The van der Waals surface area contributed by atoms with E-state index in [0.29, 0.717) is 0 Å². The molecule has 1 aromatic carbocycles. The van der Waals surface area contributed by atoms with Gasteiger partial charge in [0, 0.05) is 29.7 Å². The number of hydrogen-bond donors (Lipinski definition) is 0. The van der Waals surface area contributed by atoms with E-state index in [1.54, 1.807) is 22.7 Å². The first kappa shape index (κ1) is 21.0. The Hall–Kier alpha value is -0.890. The van der Waals surface area contributed by atoms with Crippen LogP contribution in [0.4, 0.5) is 0 Å². The van der Waals surface area contributed by atoms with Gasteiger partial charge in [-0.1, -0.05) is 0 Å². The summed E-state index contributed by atoms with van der Waals surface area (Å²) in [6.07, 6.45) is 0. The zero-order chi connectivity index (χ0) is 21.7. The van der Waals surface area contributed by atoms with Crippen molar-refractivity contribution in [3.8, 4) is 0 Å². The maximum atomic E-state index is 6.27. The summed E-state index contributed by atoms with van der Waals surface area (Å²) >= 11 is 3.49. The zero-order valence-corrected chi connectivity index (χ0v) is 20.5. The van der Waals surface area contributed by atoms with Crippen LogP contribution >= 0.6 is 22.7 Å². The fourth-order valence-corrected chi connectivity index (χ4v) is 5.90. The monoisotopic (exact) mass is 442 g/mol. The normalized spacial score (nSPS) is 24.4. The molecule has 0 unspecified atom stereocenters. The molecular weight excluding hydrogens is 414 g/mol. The Labute approximate surface area is 187 Å². The molecule has 5 rings (SSSR count). The highest BCUT2D eigenvalue weighted by atomic mass is 32.1. The van der Waals surface area contributed by atoms with Crippen molar-refractivity contribution in [2.45, 2.75) is 77.8 Å². The molecule has 0 aliphatic carbocycles. The van der Waals surface area contributed by atoms with Crippen molar-refractivity contribution in [2.24, 2.45) is 0 Å². The third-order valence-electron chi connectivity index (χ3n) is 7.21. The van der Waals surface area contributed by atoms with Crippen molar-refractivity contribution >= 4 is 66.6 Å². The van der Waals surface area contributed by atoms with Crippen LogP contribution in [-0.2, 0) is 18.6 Å². The third kappa shape index (κ3) is 3.03. The predicted octanol–water partition coefficient (Wildman–Crippen LogP) is 4.71. The fourth-order valence-electron chi connectivity index (χ4n) is 3.82. The second kappa shape index (κ2) is 6.33. The quantitative estimate of drug-likeness (QED) is 0.539. The van der Waals surface area contributed by atoms with Gasteiger partial charge in [0.1, 0.15) is 0 Å². The SMILES string of the molecule is CC1(C)OB(c2cc3c(ccc4sc(B5OC(C)(C)C(C)(C)O5)cc43)s2)OC1(C)C. The number of thiophene rings is 2. The molecule has 158 valence electrons. The Balaban J connectivity index is 1.52. The maximum Gasteiger partial charge on any atom is 0.505 e. The first-order valence-corrected chi connectivity index (χ1v) is 12.1. The Bertz CT molecular complexity index is 1020. The van der Waals surface area contributed by atoms with E-state index in [-0.39, 0.29) is 36.6 Å². The van der Waals surface area contributed by atoms with Gasteiger partial charge in [-0.05, 0) is 79.7 Å². The highest BCUT2D eigenvalue weighted by Crippen LogP contribution is 2.40. The lowest BCUT2D eigenvalue weighted by molar-refractivity contribution is 0.00578. The Morgan fingerprint density at radius 3 is 1.17 bits per heavy atom. The lowest BCUT2D eigenvalue weighted by Gasteiger charge is -2.32. The molecule has 0 saturated carbocycles. The average molecular weight is 442 g/mol. The number of rotatable bonds is 2. The van der Waals surface area contributed by atoms with Crippen LogP contribution in [0, 0.1) is 0 Å². The number of benzene rings is 1. The first-order valence-electron chi connectivity index (χ1n) is 10.5. The van der Waals surface area contributed by atoms with E-state index in [4.69, 9.17) is 18.6 Å². The van der Waals surface area contributed by atoms with Gasteiger partial charge < -0.3 is 18.6 Å². The summed E-state index contributed by atoms with van der Waals surface area (Å²) in [7, 11) is -0.660. The number of fused-ring (bicyclic) bond motifs is 3. The van der Waals surface area contributed by atoms with Crippen LogP contribution in [0.25, 0.3) is 20.2 Å². The molecule has 2 aliphatic rings.